The van der Waals surface area contributed by atoms with Gasteiger partial charge >= 0.3 is 5.97 Å². The van der Waals surface area contributed by atoms with E-state index in [2.05, 4.69) is 34.6 Å². The highest BCUT2D eigenvalue weighted by Gasteiger charge is 2.88. The lowest BCUT2D eigenvalue weighted by molar-refractivity contribution is -0.295. The quantitative estimate of drug-likeness (QED) is 0.725. The summed E-state index contributed by atoms with van der Waals surface area (Å²) in [6.07, 6.45) is 6.29. The van der Waals surface area contributed by atoms with Gasteiger partial charge in [-0.15, -0.1) is 0 Å². The van der Waals surface area contributed by atoms with E-state index in [1.165, 1.54) is 7.11 Å². The van der Waals surface area contributed by atoms with Gasteiger partial charge in [0.15, 0.2) is 5.79 Å². The van der Waals surface area contributed by atoms with Crippen LogP contribution in [-0.2, 0) is 14.3 Å². The first-order valence-corrected chi connectivity index (χ1v) is 9.95. The number of aliphatic hydroxyl groups is 1. The summed E-state index contributed by atoms with van der Waals surface area (Å²) in [5.74, 6) is -1.58. The Morgan fingerprint density at radius 3 is 2.36 bits per heavy atom. The summed E-state index contributed by atoms with van der Waals surface area (Å²) < 4.78 is 12.1. The minimum absolute atomic E-state index is 0.00905. The molecule has 25 heavy (non-hydrogen) atoms. The molecule has 4 fully saturated rings. The molecule has 0 aromatic heterocycles. The molecule has 1 heterocycles. The van der Waals surface area contributed by atoms with Crippen LogP contribution in [0.1, 0.15) is 79.6 Å². The van der Waals surface area contributed by atoms with Gasteiger partial charge < -0.3 is 14.6 Å². The summed E-state index contributed by atoms with van der Waals surface area (Å²) >= 11 is 0. The van der Waals surface area contributed by atoms with Crippen molar-refractivity contribution in [3.8, 4) is 0 Å². The average Bonchev–Trinajstić information content (AvgIpc) is 2.63. The van der Waals surface area contributed by atoms with Gasteiger partial charge in [-0.25, -0.2) is 0 Å². The first-order chi connectivity index (χ1) is 11.4. The molecular weight excluding hydrogens is 316 g/mol. The lowest BCUT2D eigenvalue weighted by Crippen LogP contribution is -2.71. The van der Waals surface area contributed by atoms with Crippen LogP contribution in [0.25, 0.3) is 0 Å². The van der Waals surface area contributed by atoms with E-state index >= 15 is 0 Å². The summed E-state index contributed by atoms with van der Waals surface area (Å²) in [7, 11) is 1.47. The zero-order valence-electron chi connectivity index (χ0n) is 16.7. The topological polar surface area (TPSA) is 55.8 Å². The fraction of sp³-hybridized carbons (Fsp3) is 0.952. The molecule has 0 unspecified atom stereocenters. The summed E-state index contributed by atoms with van der Waals surface area (Å²) in [6.45, 7) is 11.3. The normalized spacial score (nSPS) is 52.4. The Hall–Kier alpha value is -0.610. The predicted molar refractivity (Wildman–Crippen MR) is 94.7 cm³/mol. The second-order valence-electron chi connectivity index (χ2n) is 10.7. The number of carbonyl (C=O) groups is 1. The van der Waals surface area contributed by atoms with Crippen LogP contribution in [-0.4, -0.2) is 29.6 Å². The van der Waals surface area contributed by atoms with Gasteiger partial charge in [-0.05, 0) is 48.9 Å². The second-order valence-corrected chi connectivity index (χ2v) is 10.7. The Morgan fingerprint density at radius 1 is 1.04 bits per heavy atom. The van der Waals surface area contributed by atoms with Crippen molar-refractivity contribution in [3.63, 3.8) is 0 Å². The molecule has 4 nitrogen and oxygen atoms in total. The van der Waals surface area contributed by atoms with Crippen LogP contribution in [0.4, 0.5) is 0 Å². The highest BCUT2D eigenvalue weighted by Crippen LogP contribution is 2.82. The SMILES string of the molecule is COC(=O)[C@]12[C@H]3CC[C@@]4(O[C@]1(O)CCC3(C)C)C(C)(C)CCC[C@]24C. The molecule has 4 aliphatic rings. The molecule has 4 rings (SSSR count). The van der Waals surface area contributed by atoms with Gasteiger partial charge in [-0.3, -0.25) is 4.79 Å². The van der Waals surface area contributed by atoms with E-state index in [9.17, 15) is 9.90 Å². The van der Waals surface area contributed by atoms with Crippen molar-refractivity contribution < 1.29 is 19.4 Å². The zero-order chi connectivity index (χ0) is 18.5. The van der Waals surface area contributed by atoms with Gasteiger partial charge in [0.1, 0.15) is 5.41 Å². The fourth-order valence-corrected chi connectivity index (χ4v) is 8.07. The largest absolute Gasteiger partial charge is 0.468 e. The maximum Gasteiger partial charge on any atom is 0.318 e. The van der Waals surface area contributed by atoms with Gasteiger partial charge in [-0.2, -0.15) is 0 Å². The Bertz CT molecular complexity index is 625. The van der Waals surface area contributed by atoms with Crippen molar-refractivity contribution in [3.05, 3.63) is 0 Å². The van der Waals surface area contributed by atoms with Gasteiger partial charge in [0, 0.05) is 11.8 Å². The molecule has 4 heteroatoms. The molecule has 0 aromatic carbocycles. The average molecular weight is 350 g/mol. The molecule has 2 bridgehead atoms. The fourth-order valence-electron chi connectivity index (χ4n) is 8.07. The molecule has 1 aliphatic heterocycles. The van der Waals surface area contributed by atoms with Crippen LogP contribution >= 0.6 is 0 Å². The summed E-state index contributed by atoms with van der Waals surface area (Å²) in [5.41, 5.74) is -1.90. The Kier molecular flexibility index (Phi) is 3.29. The lowest BCUT2D eigenvalue weighted by Gasteiger charge is -2.66. The standard InChI is InChI=1S/C21H34O4/c1-16(2)12-13-20(23)21(15(22)24-6)14(16)8-11-19(25-20)17(3,4)9-7-10-18(19,21)5/h14,23H,7-13H2,1-6H3/t14-,18-,19+,20+,21-/m0/s1. The molecule has 0 aromatic rings. The van der Waals surface area contributed by atoms with Crippen molar-refractivity contribution in [2.75, 3.05) is 7.11 Å². The number of ether oxygens (including phenoxy) is 2. The Balaban J connectivity index is 2.06. The van der Waals surface area contributed by atoms with Crippen LogP contribution in [0.5, 0.6) is 0 Å². The van der Waals surface area contributed by atoms with Crippen LogP contribution in [0.3, 0.4) is 0 Å². The van der Waals surface area contributed by atoms with Gasteiger partial charge in [0.25, 0.3) is 0 Å². The van der Waals surface area contributed by atoms with E-state index in [0.29, 0.717) is 6.42 Å². The van der Waals surface area contributed by atoms with E-state index < -0.39 is 22.2 Å². The predicted octanol–water partition coefficient (Wildman–Crippen LogP) is 4.05. The van der Waals surface area contributed by atoms with Crippen molar-refractivity contribution in [1.82, 2.24) is 0 Å². The van der Waals surface area contributed by atoms with Gasteiger partial charge in [0.2, 0.25) is 0 Å². The Morgan fingerprint density at radius 2 is 1.72 bits per heavy atom. The summed E-state index contributed by atoms with van der Waals surface area (Å²) in [4.78, 5) is 13.5. The maximum absolute atomic E-state index is 13.5. The minimum atomic E-state index is -1.41. The zero-order valence-corrected chi connectivity index (χ0v) is 16.7. The van der Waals surface area contributed by atoms with Crippen molar-refractivity contribution in [1.29, 1.82) is 0 Å². The van der Waals surface area contributed by atoms with Crippen molar-refractivity contribution in [2.24, 2.45) is 27.6 Å². The van der Waals surface area contributed by atoms with E-state index in [1.807, 2.05) is 0 Å². The second kappa shape index (κ2) is 4.62. The van der Waals surface area contributed by atoms with Crippen molar-refractivity contribution >= 4 is 5.97 Å². The third-order valence-corrected chi connectivity index (χ3v) is 9.16. The molecule has 142 valence electrons. The number of carbonyl (C=O) groups excluding carboxylic acids is 1. The molecular formula is C21H34O4. The van der Waals surface area contributed by atoms with Crippen LogP contribution in [0.15, 0.2) is 0 Å². The molecule has 0 spiro atoms. The molecule has 3 saturated carbocycles. The Labute approximate surface area is 151 Å². The number of rotatable bonds is 1. The highest BCUT2D eigenvalue weighted by molar-refractivity contribution is 5.82. The van der Waals surface area contributed by atoms with Gasteiger partial charge in [0.05, 0.1) is 12.7 Å². The van der Waals surface area contributed by atoms with E-state index in [1.54, 1.807) is 0 Å². The van der Waals surface area contributed by atoms with E-state index in [-0.39, 0.29) is 22.7 Å². The molecule has 3 aliphatic carbocycles. The smallest absolute Gasteiger partial charge is 0.318 e. The van der Waals surface area contributed by atoms with Crippen LogP contribution in [0.2, 0.25) is 0 Å². The third kappa shape index (κ3) is 1.58. The maximum atomic E-state index is 13.5. The van der Waals surface area contributed by atoms with Crippen LogP contribution in [0, 0.1) is 27.6 Å². The summed E-state index contributed by atoms with van der Waals surface area (Å²) in [6, 6.07) is 0. The third-order valence-electron chi connectivity index (χ3n) is 9.16. The molecule has 0 amide bonds. The number of esters is 1. The first kappa shape index (κ1) is 17.8. The van der Waals surface area contributed by atoms with E-state index in [4.69, 9.17) is 9.47 Å². The number of hydrogen-bond acceptors (Lipinski definition) is 4. The van der Waals surface area contributed by atoms with E-state index in [0.717, 1.165) is 38.5 Å². The van der Waals surface area contributed by atoms with Gasteiger partial charge in [-0.1, -0.05) is 41.0 Å². The molecule has 1 N–H and O–H groups in total. The summed E-state index contributed by atoms with van der Waals surface area (Å²) in [5, 5.41) is 11.9. The van der Waals surface area contributed by atoms with Crippen LogP contribution < -0.4 is 0 Å². The minimum Gasteiger partial charge on any atom is -0.468 e. The first-order valence-electron chi connectivity index (χ1n) is 9.95. The lowest BCUT2D eigenvalue weighted by atomic mass is 9.35. The monoisotopic (exact) mass is 350 g/mol. The molecule has 5 atom stereocenters. The molecule has 1 saturated heterocycles. The number of methoxy groups -OCH3 is 1. The number of hydrogen-bond donors (Lipinski definition) is 1. The highest BCUT2D eigenvalue weighted by atomic mass is 16.7. The van der Waals surface area contributed by atoms with Crippen molar-refractivity contribution in [2.45, 2.75) is 91.0 Å². The molecule has 0 radical (unpaired) electrons.